The summed E-state index contributed by atoms with van der Waals surface area (Å²) in [6, 6.07) is 5.86. The van der Waals surface area contributed by atoms with Crippen molar-refractivity contribution in [3.8, 4) is 23.0 Å². The van der Waals surface area contributed by atoms with Gasteiger partial charge in [0, 0.05) is 61.2 Å². The summed E-state index contributed by atoms with van der Waals surface area (Å²) < 4.78 is 49.7. The summed E-state index contributed by atoms with van der Waals surface area (Å²) in [5, 5.41) is 63.8. The van der Waals surface area contributed by atoms with Crippen molar-refractivity contribution in [2.24, 2.45) is 28.8 Å². The summed E-state index contributed by atoms with van der Waals surface area (Å²) >= 11 is 0. The lowest BCUT2D eigenvalue weighted by atomic mass is 9.78. The van der Waals surface area contributed by atoms with Gasteiger partial charge in [-0.3, -0.25) is 14.4 Å². The molecule has 0 aliphatic carbocycles. The average Bonchev–Trinajstić information content (AvgIpc) is 3.50. The highest BCUT2D eigenvalue weighted by molar-refractivity contribution is 7.89. The number of methoxy groups -OCH3 is 1. The van der Waals surface area contributed by atoms with Gasteiger partial charge >= 0.3 is 11.8 Å². The van der Waals surface area contributed by atoms with E-state index in [4.69, 9.17) is 18.9 Å². The number of anilines is 1. The van der Waals surface area contributed by atoms with E-state index >= 15 is 0 Å². The van der Waals surface area contributed by atoms with Crippen molar-refractivity contribution in [3.63, 3.8) is 0 Å². The molecule has 0 fully saturated rings. The molecule has 0 saturated carbocycles. The molecule has 0 spiro atoms. The van der Waals surface area contributed by atoms with Crippen LogP contribution in [0.2, 0.25) is 0 Å². The molecule has 340 valence electrons. The molecular formula is C45H55N3O14S. The second kappa shape index (κ2) is 18.8. The number of ketones is 1. The number of aryl methyl sites for hydroxylation is 1. The lowest BCUT2D eigenvalue weighted by Crippen LogP contribution is -2.46. The van der Waals surface area contributed by atoms with E-state index in [2.05, 4.69) is 10.4 Å². The predicted octanol–water partition coefficient (Wildman–Crippen LogP) is 5.37. The Bertz CT molecular complexity index is 2520. The number of Topliss-reactive ketones (excluding diaryl/α,β-unsaturated/α-hetero) is 1. The fourth-order valence-corrected chi connectivity index (χ4v) is 8.59. The number of hydrazone groups is 1. The topological polar surface area (TPSA) is 260 Å². The highest BCUT2D eigenvalue weighted by Crippen LogP contribution is 2.55. The molecule has 0 radical (unpaired) electrons. The van der Waals surface area contributed by atoms with Gasteiger partial charge < -0.3 is 49.8 Å². The van der Waals surface area contributed by atoms with Crippen molar-refractivity contribution in [2.45, 2.75) is 97.4 Å². The number of amides is 1. The fourth-order valence-electron chi connectivity index (χ4n) is 7.80. The quantitative estimate of drug-likeness (QED) is 0.0540. The zero-order chi connectivity index (χ0) is 46.9. The van der Waals surface area contributed by atoms with Crippen LogP contribution in [-0.4, -0.2) is 95.1 Å². The zero-order valence-electron chi connectivity index (χ0n) is 36.7. The van der Waals surface area contributed by atoms with Crippen LogP contribution in [0.5, 0.6) is 23.0 Å². The Morgan fingerprint density at radius 3 is 2.19 bits per heavy atom. The van der Waals surface area contributed by atoms with Gasteiger partial charge in [0.15, 0.2) is 5.75 Å². The second-order valence-electron chi connectivity index (χ2n) is 16.3. The van der Waals surface area contributed by atoms with Crippen LogP contribution in [0, 0.1) is 37.5 Å². The minimum Gasteiger partial charge on any atom is -0.507 e. The summed E-state index contributed by atoms with van der Waals surface area (Å²) in [4.78, 5) is 42.4. The maximum Gasteiger partial charge on any atom is 0.312 e. The van der Waals surface area contributed by atoms with Crippen molar-refractivity contribution in [3.05, 3.63) is 82.7 Å². The van der Waals surface area contributed by atoms with Gasteiger partial charge in [0.05, 0.1) is 57.9 Å². The number of fused-ring (bicyclic) bond motifs is 14. The summed E-state index contributed by atoms with van der Waals surface area (Å²) in [7, 11) is -2.87. The monoisotopic (exact) mass is 893 g/mol. The standard InChI is InChI=1S/C45H55N3O14S/c1-21-14-16-29(17-15-21)63(57,58)48-46-20-30-35-40(54)33-32(39(30)53)34-42(27(7)38(33)52)62-45(9,43(34)55)60-19-18-31(59-10)24(4)41(61-28(8)49)26(6)37(51)25(5)36(50)22(2)12-11-13-23(3)44(56)47-35/h11-20,22,24-26,31,36-37,41,48,50-54H,1-10H3,(H,47,56)/b12-11+,19-18+,23-13-,46-20-/t22-,24+,25+,26+,31-,36-,37+,41+,45-/m0/s1. The van der Waals surface area contributed by atoms with E-state index in [0.29, 0.717) is 0 Å². The number of carbonyl (C=O) groups is 3. The normalized spacial score (nSPS) is 29.1. The highest BCUT2D eigenvalue weighted by Gasteiger charge is 2.50. The number of hydrogen-bond donors (Lipinski definition) is 7. The Balaban J connectivity index is 1.72. The Kier molecular flexibility index (Phi) is 14.4. The van der Waals surface area contributed by atoms with E-state index in [1.807, 2.05) is 4.83 Å². The first-order valence-electron chi connectivity index (χ1n) is 20.2. The molecule has 3 aromatic carbocycles. The number of carbonyl (C=O) groups excluding carboxylic acids is 3. The van der Waals surface area contributed by atoms with Crippen LogP contribution in [0.25, 0.3) is 10.8 Å². The van der Waals surface area contributed by atoms with Gasteiger partial charge in [0.2, 0.25) is 0 Å². The molecule has 17 nitrogen and oxygen atoms in total. The number of ether oxygens (including phenoxy) is 4. The number of benzene rings is 3. The van der Waals surface area contributed by atoms with Gasteiger partial charge in [0.1, 0.15) is 23.4 Å². The number of nitrogens with one attached hydrogen (secondary N) is 2. The number of phenols is 3. The predicted molar refractivity (Wildman–Crippen MR) is 233 cm³/mol. The van der Waals surface area contributed by atoms with E-state index < -0.39 is 121 Å². The fraction of sp³-hybridized carbons (Fsp3) is 0.422. The molecular weight excluding hydrogens is 839 g/mol. The van der Waals surface area contributed by atoms with Crippen molar-refractivity contribution < 1.29 is 67.3 Å². The van der Waals surface area contributed by atoms with Crippen molar-refractivity contribution in [2.75, 3.05) is 12.4 Å². The number of nitrogens with zero attached hydrogens (tertiary/aromatic N) is 1. The van der Waals surface area contributed by atoms with Crippen molar-refractivity contribution in [1.82, 2.24) is 4.83 Å². The van der Waals surface area contributed by atoms with Gasteiger partial charge in [-0.05, 0) is 39.0 Å². The molecule has 3 aliphatic rings. The third-order valence-electron chi connectivity index (χ3n) is 11.7. The van der Waals surface area contributed by atoms with Crippen LogP contribution >= 0.6 is 0 Å². The van der Waals surface area contributed by atoms with Crippen LogP contribution in [0.4, 0.5) is 5.69 Å². The lowest BCUT2D eigenvalue weighted by molar-refractivity contribution is -0.160. The number of aliphatic hydroxyl groups is 2. The number of phenolic OH excluding ortho intramolecular Hbond substituents is 3. The first kappa shape index (κ1) is 48.1. The van der Waals surface area contributed by atoms with Crippen LogP contribution in [-0.2, 0) is 33.8 Å². The van der Waals surface area contributed by atoms with Crippen LogP contribution in [0.15, 0.2) is 70.4 Å². The maximum atomic E-state index is 14.4. The summed E-state index contributed by atoms with van der Waals surface area (Å²) in [5.41, 5.74) is -0.495. The summed E-state index contributed by atoms with van der Waals surface area (Å²) in [6.07, 6.45) is 3.83. The highest BCUT2D eigenvalue weighted by atomic mass is 32.2. The molecule has 63 heavy (non-hydrogen) atoms. The van der Waals surface area contributed by atoms with Gasteiger partial charge in [-0.1, -0.05) is 63.6 Å². The average molecular weight is 894 g/mol. The van der Waals surface area contributed by atoms with Crippen LogP contribution in [0.3, 0.4) is 0 Å². The molecule has 0 aromatic heterocycles. The van der Waals surface area contributed by atoms with E-state index in [1.165, 1.54) is 65.2 Å². The van der Waals surface area contributed by atoms with Crippen molar-refractivity contribution in [1.29, 1.82) is 0 Å². The number of allylic oxidation sites excluding steroid dienone is 2. The molecule has 3 aromatic rings. The molecule has 0 saturated heterocycles. The third-order valence-corrected chi connectivity index (χ3v) is 13.0. The third kappa shape index (κ3) is 9.53. The van der Waals surface area contributed by atoms with Gasteiger partial charge in [-0.15, -0.1) is 0 Å². The number of rotatable bonds is 6. The minimum atomic E-state index is -4.27. The van der Waals surface area contributed by atoms with Crippen LogP contribution in [0.1, 0.15) is 75.5 Å². The molecule has 9 atom stereocenters. The maximum absolute atomic E-state index is 14.4. The first-order chi connectivity index (χ1) is 29.5. The zero-order valence-corrected chi connectivity index (χ0v) is 37.5. The molecule has 18 heteroatoms. The molecule has 3 heterocycles. The number of sulfonamides is 1. The minimum absolute atomic E-state index is 0.0427. The van der Waals surface area contributed by atoms with Gasteiger partial charge in [-0.2, -0.15) is 13.5 Å². The lowest BCUT2D eigenvalue weighted by Gasteiger charge is -2.38. The summed E-state index contributed by atoms with van der Waals surface area (Å²) in [6.45, 7) is 13.9. The Morgan fingerprint density at radius 2 is 1.57 bits per heavy atom. The molecule has 5 bridgehead atoms. The molecule has 6 rings (SSSR count). The number of esters is 1. The van der Waals surface area contributed by atoms with Crippen molar-refractivity contribution >= 4 is 50.4 Å². The van der Waals surface area contributed by atoms with Gasteiger partial charge in [-0.25, -0.2) is 4.83 Å². The number of aromatic hydroxyl groups is 3. The van der Waals surface area contributed by atoms with Gasteiger partial charge in [0.25, 0.3) is 21.7 Å². The smallest absolute Gasteiger partial charge is 0.312 e. The Labute approximate surface area is 365 Å². The molecule has 3 aliphatic heterocycles. The second-order valence-corrected chi connectivity index (χ2v) is 17.9. The van der Waals surface area contributed by atoms with E-state index in [9.17, 15) is 48.3 Å². The molecule has 0 unspecified atom stereocenters. The van der Waals surface area contributed by atoms with E-state index in [1.54, 1.807) is 52.8 Å². The molecule has 1 amide bonds. The summed E-state index contributed by atoms with van der Waals surface area (Å²) in [5.74, 6) is -9.63. The first-order valence-corrected chi connectivity index (χ1v) is 21.6. The largest absolute Gasteiger partial charge is 0.507 e. The number of hydrogen-bond acceptors (Lipinski definition) is 15. The molecule has 7 N–H and O–H groups in total. The van der Waals surface area contributed by atoms with E-state index in [-0.39, 0.29) is 27.3 Å². The Hall–Kier alpha value is -5.95. The van der Waals surface area contributed by atoms with E-state index in [0.717, 1.165) is 18.0 Å². The number of aliphatic hydroxyl groups excluding tert-OH is 2. The Morgan fingerprint density at radius 1 is 0.921 bits per heavy atom. The van der Waals surface area contributed by atoms with Crippen LogP contribution < -0.4 is 14.9 Å². The SMILES string of the molecule is CO[C@H]1/C=C/O[C@@]2(C)Oc3c(C)c(O)c4c(O)c(c(/C=N\NS(=O)(=O)c5ccc(C)cc5)c(O)c4c3C2=O)NC(=O)/C(C)=C\C=C\[C@H](C)[C@H](O)[C@@H](C)[C@@H](O)[C@@H](C)[C@H](OC(C)=O)[C@@H]1C.